The maximum Gasteiger partial charge on any atom is 0.241 e. The van der Waals surface area contributed by atoms with Crippen LogP contribution in [0.15, 0.2) is 0 Å². The van der Waals surface area contributed by atoms with Crippen LogP contribution in [0, 0.1) is 11.8 Å². The van der Waals surface area contributed by atoms with Crippen molar-refractivity contribution in [2.24, 2.45) is 11.8 Å². The summed E-state index contributed by atoms with van der Waals surface area (Å²) in [6.07, 6.45) is 13.0. The highest BCUT2D eigenvalue weighted by Gasteiger charge is 2.47. The van der Waals surface area contributed by atoms with E-state index in [1.807, 2.05) is 0 Å². The second kappa shape index (κ2) is 6.68. The van der Waals surface area contributed by atoms with E-state index in [9.17, 15) is 4.79 Å². The number of hydrogen-bond donors (Lipinski definition) is 1. The van der Waals surface area contributed by atoms with E-state index in [0.717, 1.165) is 12.3 Å². The molecule has 3 heteroatoms. The standard InChI is InChI=1S/C18H32N2O/c1-3-13-9-7-8-12-16(13)20-17(14-10-5-6-11-14)19-15(4-2)18(20)21/h13-17,19H,3-12H2,1-2H3. The second-order valence-corrected chi connectivity index (χ2v) is 7.38. The summed E-state index contributed by atoms with van der Waals surface area (Å²) in [6, 6.07) is 0.584. The van der Waals surface area contributed by atoms with E-state index in [2.05, 4.69) is 24.1 Å². The Morgan fingerprint density at radius 3 is 2.33 bits per heavy atom. The Balaban J connectivity index is 1.82. The zero-order valence-electron chi connectivity index (χ0n) is 13.8. The molecule has 1 saturated heterocycles. The van der Waals surface area contributed by atoms with Gasteiger partial charge in [0.2, 0.25) is 5.91 Å². The molecule has 3 aliphatic rings. The molecule has 1 aliphatic heterocycles. The van der Waals surface area contributed by atoms with Crippen LogP contribution in [0.1, 0.15) is 78.1 Å². The number of rotatable bonds is 4. The number of nitrogens with zero attached hydrogens (tertiary/aromatic N) is 1. The molecule has 4 unspecified atom stereocenters. The third-order valence-electron chi connectivity index (χ3n) is 6.23. The van der Waals surface area contributed by atoms with Gasteiger partial charge in [-0.1, -0.05) is 46.0 Å². The van der Waals surface area contributed by atoms with Crippen LogP contribution in [-0.4, -0.2) is 29.1 Å². The first kappa shape index (κ1) is 15.3. The van der Waals surface area contributed by atoms with Gasteiger partial charge in [-0.05, 0) is 43.9 Å². The van der Waals surface area contributed by atoms with Crippen molar-refractivity contribution in [1.29, 1.82) is 0 Å². The average molecular weight is 292 g/mol. The summed E-state index contributed by atoms with van der Waals surface area (Å²) in [5.41, 5.74) is 0. The van der Waals surface area contributed by atoms with Crippen molar-refractivity contribution < 1.29 is 4.79 Å². The number of hydrogen-bond acceptors (Lipinski definition) is 2. The molecule has 0 radical (unpaired) electrons. The minimum atomic E-state index is 0.0787. The second-order valence-electron chi connectivity index (χ2n) is 7.38. The number of carbonyl (C=O) groups is 1. The lowest BCUT2D eigenvalue weighted by Gasteiger charge is -2.42. The van der Waals surface area contributed by atoms with Gasteiger partial charge in [0.15, 0.2) is 0 Å². The van der Waals surface area contributed by atoms with Crippen molar-refractivity contribution in [3.05, 3.63) is 0 Å². The molecule has 4 atom stereocenters. The Morgan fingerprint density at radius 1 is 1.00 bits per heavy atom. The van der Waals surface area contributed by atoms with Gasteiger partial charge in [0, 0.05) is 6.04 Å². The molecule has 1 N–H and O–H groups in total. The molecule has 0 aromatic heterocycles. The van der Waals surface area contributed by atoms with Crippen LogP contribution in [0.5, 0.6) is 0 Å². The first-order valence-electron chi connectivity index (χ1n) is 9.34. The molecule has 3 rings (SSSR count). The van der Waals surface area contributed by atoms with Crippen molar-refractivity contribution in [3.63, 3.8) is 0 Å². The molecule has 0 aromatic carbocycles. The van der Waals surface area contributed by atoms with Crippen molar-refractivity contribution in [3.8, 4) is 0 Å². The first-order valence-corrected chi connectivity index (χ1v) is 9.34. The fraction of sp³-hybridized carbons (Fsp3) is 0.944. The fourth-order valence-corrected chi connectivity index (χ4v) is 5.00. The van der Waals surface area contributed by atoms with Crippen LogP contribution in [-0.2, 0) is 4.79 Å². The Hall–Kier alpha value is -0.570. The molecular formula is C18H32N2O. The molecule has 120 valence electrons. The van der Waals surface area contributed by atoms with E-state index < -0.39 is 0 Å². The summed E-state index contributed by atoms with van der Waals surface area (Å²) in [5, 5.41) is 3.70. The van der Waals surface area contributed by atoms with Gasteiger partial charge in [0.1, 0.15) is 0 Å². The predicted molar refractivity (Wildman–Crippen MR) is 85.8 cm³/mol. The molecule has 2 aliphatic carbocycles. The molecule has 0 aromatic rings. The van der Waals surface area contributed by atoms with E-state index in [0.29, 0.717) is 24.0 Å². The summed E-state index contributed by atoms with van der Waals surface area (Å²) >= 11 is 0. The van der Waals surface area contributed by atoms with Gasteiger partial charge in [0.25, 0.3) is 0 Å². The Kier molecular flexibility index (Phi) is 4.88. The maximum absolute atomic E-state index is 12.9. The lowest BCUT2D eigenvalue weighted by Crippen LogP contribution is -2.51. The van der Waals surface area contributed by atoms with Gasteiger partial charge in [-0.15, -0.1) is 0 Å². The Labute approximate surface area is 129 Å². The van der Waals surface area contributed by atoms with Gasteiger partial charge in [-0.3, -0.25) is 10.1 Å². The maximum atomic E-state index is 12.9. The molecule has 2 saturated carbocycles. The monoisotopic (exact) mass is 292 g/mol. The third kappa shape index (κ3) is 2.86. The van der Waals surface area contributed by atoms with Crippen LogP contribution in [0.2, 0.25) is 0 Å². The van der Waals surface area contributed by atoms with Gasteiger partial charge >= 0.3 is 0 Å². The van der Waals surface area contributed by atoms with E-state index in [1.165, 1.54) is 57.8 Å². The topological polar surface area (TPSA) is 32.3 Å². The molecule has 21 heavy (non-hydrogen) atoms. The highest BCUT2D eigenvalue weighted by molar-refractivity contribution is 5.84. The number of nitrogens with one attached hydrogen (secondary N) is 1. The van der Waals surface area contributed by atoms with Gasteiger partial charge in [-0.25, -0.2) is 0 Å². The zero-order chi connectivity index (χ0) is 14.8. The molecule has 0 spiro atoms. The summed E-state index contributed by atoms with van der Waals surface area (Å²) in [6.45, 7) is 4.45. The van der Waals surface area contributed by atoms with Crippen LogP contribution in [0.4, 0.5) is 0 Å². The van der Waals surface area contributed by atoms with Crippen molar-refractivity contribution in [1.82, 2.24) is 10.2 Å². The molecule has 1 amide bonds. The van der Waals surface area contributed by atoms with E-state index in [4.69, 9.17) is 0 Å². The summed E-state index contributed by atoms with van der Waals surface area (Å²) in [5.74, 6) is 1.83. The van der Waals surface area contributed by atoms with Crippen molar-refractivity contribution in [2.45, 2.75) is 96.3 Å². The summed E-state index contributed by atoms with van der Waals surface area (Å²) in [7, 11) is 0. The molecule has 0 bridgehead atoms. The van der Waals surface area contributed by atoms with Gasteiger partial charge in [0.05, 0.1) is 12.2 Å². The van der Waals surface area contributed by atoms with Crippen LogP contribution in [0.3, 0.4) is 0 Å². The summed E-state index contributed by atoms with van der Waals surface area (Å²) in [4.78, 5) is 15.3. The predicted octanol–water partition coefficient (Wildman–Crippen LogP) is 3.68. The number of carbonyl (C=O) groups excluding carboxylic acids is 1. The molecule has 3 nitrogen and oxygen atoms in total. The fourth-order valence-electron chi connectivity index (χ4n) is 5.00. The highest BCUT2D eigenvalue weighted by atomic mass is 16.2. The minimum absolute atomic E-state index is 0.0787. The lowest BCUT2D eigenvalue weighted by atomic mass is 9.81. The van der Waals surface area contributed by atoms with Crippen LogP contribution < -0.4 is 5.32 Å². The molecule has 3 fully saturated rings. The molecular weight excluding hydrogens is 260 g/mol. The van der Waals surface area contributed by atoms with Crippen molar-refractivity contribution >= 4 is 5.91 Å². The average Bonchev–Trinajstić information content (AvgIpc) is 3.14. The normalized spacial score (nSPS) is 38.4. The Bertz CT molecular complexity index is 364. The lowest BCUT2D eigenvalue weighted by molar-refractivity contribution is -0.135. The molecule has 1 heterocycles. The zero-order valence-corrected chi connectivity index (χ0v) is 13.8. The highest BCUT2D eigenvalue weighted by Crippen LogP contribution is 2.38. The Morgan fingerprint density at radius 2 is 1.67 bits per heavy atom. The SMILES string of the molecule is CCC1NC(C2CCCC2)N(C2CCCCC2CC)C1=O. The number of amides is 1. The van der Waals surface area contributed by atoms with E-state index in [-0.39, 0.29) is 6.04 Å². The van der Waals surface area contributed by atoms with Crippen LogP contribution in [0.25, 0.3) is 0 Å². The minimum Gasteiger partial charge on any atom is -0.322 e. The van der Waals surface area contributed by atoms with E-state index in [1.54, 1.807) is 0 Å². The largest absolute Gasteiger partial charge is 0.322 e. The van der Waals surface area contributed by atoms with Gasteiger partial charge in [-0.2, -0.15) is 0 Å². The first-order chi connectivity index (χ1) is 10.3. The van der Waals surface area contributed by atoms with Crippen LogP contribution >= 0.6 is 0 Å². The quantitative estimate of drug-likeness (QED) is 0.857. The smallest absolute Gasteiger partial charge is 0.241 e. The summed E-state index contributed by atoms with van der Waals surface area (Å²) < 4.78 is 0. The third-order valence-corrected chi connectivity index (χ3v) is 6.23. The van der Waals surface area contributed by atoms with E-state index >= 15 is 0 Å². The van der Waals surface area contributed by atoms with Crippen molar-refractivity contribution in [2.75, 3.05) is 0 Å². The van der Waals surface area contributed by atoms with Gasteiger partial charge < -0.3 is 4.90 Å².